The van der Waals surface area contributed by atoms with E-state index in [1.54, 1.807) is 6.07 Å². The van der Waals surface area contributed by atoms with E-state index in [0.717, 1.165) is 60.2 Å². The standard InChI is InChI=1S/C30H39Cl2N3O.C2H4.CH5N/c1-20(2)28(23-15-25(31)17-26(32)16-23)35-30(13-11-24(12-14-30)29(4,5)6)34-19-27-10-9-22(18-33-27)8-7-21(3)36;2*1-2/h9-10,15-18,24,34,36H,1,3,7-8,11-14,19H2,2,4-6H3;1-2H2;2H2,1H3/b35-28+;;. The van der Waals surface area contributed by atoms with Crippen LogP contribution in [0.2, 0.25) is 10.0 Å². The summed E-state index contributed by atoms with van der Waals surface area (Å²) in [6.45, 7) is 23.3. The van der Waals surface area contributed by atoms with Gasteiger partial charge in [-0.05, 0) is 92.8 Å². The van der Waals surface area contributed by atoms with Crippen molar-refractivity contribution >= 4 is 28.9 Å². The van der Waals surface area contributed by atoms with Crippen molar-refractivity contribution in [2.75, 3.05) is 7.05 Å². The number of halogens is 2. The van der Waals surface area contributed by atoms with Crippen molar-refractivity contribution in [1.29, 1.82) is 0 Å². The van der Waals surface area contributed by atoms with Gasteiger partial charge in [0, 0.05) is 34.8 Å². The van der Waals surface area contributed by atoms with Gasteiger partial charge in [-0.2, -0.15) is 0 Å². The number of hydrogen-bond donors (Lipinski definition) is 3. The molecule has 5 nitrogen and oxygen atoms in total. The van der Waals surface area contributed by atoms with Gasteiger partial charge in [0.05, 0.1) is 17.2 Å². The Labute approximate surface area is 252 Å². The maximum Gasteiger partial charge on any atom is 0.111 e. The summed E-state index contributed by atoms with van der Waals surface area (Å²) < 4.78 is 0. The normalized spacial score (nSPS) is 19.0. The van der Waals surface area contributed by atoms with Crippen molar-refractivity contribution in [3.63, 3.8) is 0 Å². The number of aliphatic hydroxyl groups is 1. The Bertz CT molecular complexity index is 1110. The molecule has 1 aromatic carbocycles. The highest BCUT2D eigenvalue weighted by molar-refractivity contribution is 6.35. The molecule has 1 heterocycles. The van der Waals surface area contributed by atoms with Gasteiger partial charge in [0.2, 0.25) is 0 Å². The third-order valence-electron chi connectivity index (χ3n) is 7.09. The number of nitrogens with two attached hydrogens (primary N) is 1. The van der Waals surface area contributed by atoms with Gasteiger partial charge in [0.25, 0.3) is 0 Å². The average molecular weight is 588 g/mol. The summed E-state index contributed by atoms with van der Waals surface area (Å²) in [4.78, 5) is 9.99. The van der Waals surface area contributed by atoms with Crippen LogP contribution in [0.1, 0.15) is 76.6 Å². The second-order valence-corrected chi connectivity index (χ2v) is 12.0. The lowest BCUT2D eigenvalue weighted by molar-refractivity contribution is 0.117. The lowest BCUT2D eigenvalue weighted by atomic mass is 9.69. The summed E-state index contributed by atoms with van der Waals surface area (Å²) >= 11 is 12.7. The number of nitrogens with zero attached hydrogens (tertiary/aromatic N) is 2. The van der Waals surface area contributed by atoms with E-state index in [9.17, 15) is 5.11 Å². The van der Waals surface area contributed by atoms with Crippen LogP contribution in [0.3, 0.4) is 0 Å². The zero-order valence-corrected chi connectivity index (χ0v) is 26.5. The van der Waals surface area contributed by atoms with Crippen LogP contribution >= 0.6 is 23.2 Å². The van der Waals surface area contributed by atoms with Crippen LogP contribution in [0.4, 0.5) is 0 Å². The Morgan fingerprint density at radius 2 is 1.68 bits per heavy atom. The maximum atomic E-state index is 9.36. The molecule has 1 fully saturated rings. The summed E-state index contributed by atoms with van der Waals surface area (Å²) in [5.74, 6) is 0.843. The second kappa shape index (κ2) is 16.7. The number of aromatic nitrogens is 1. The Hall–Kier alpha value is -2.44. The molecule has 0 saturated heterocycles. The minimum atomic E-state index is -0.431. The third kappa shape index (κ3) is 11.2. The van der Waals surface area contributed by atoms with Crippen molar-refractivity contribution in [2.45, 2.75) is 78.4 Å². The lowest BCUT2D eigenvalue weighted by Crippen LogP contribution is -2.48. The quantitative estimate of drug-likeness (QED) is 0.155. The molecule has 2 aromatic rings. The highest BCUT2D eigenvalue weighted by Crippen LogP contribution is 2.42. The van der Waals surface area contributed by atoms with Crippen LogP contribution in [0, 0.1) is 11.3 Å². The van der Waals surface area contributed by atoms with Crippen LogP contribution in [0.5, 0.6) is 0 Å². The van der Waals surface area contributed by atoms with Gasteiger partial charge in [-0.3, -0.25) is 15.3 Å². The summed E-state index contributed by atoms with van der Waals surface area (Å²) in [6, 6.07) is 9.63. The van der Waals surface area contributed by atoms with Crippen LogP contribution in [0.15, 0.2) is 79.2 Å². The molecule has 0 spiro atoms. The predicted octanol–water partition coefficient (Wildman–Crippen LogP) is 8.86. The van der Waals surface area contributed by atoms with Gasteiger partial charge in [-0.15, -0.1) is 13.2 Å². The molecule has 1 aliphatic rings. The van der Waals surface area contributed by atoms with Crippen molar-refractivity contribution in [2.24, 2.45) is 22.1 Å². The number of nitrogens with one attached hydrogen (secondary N) is 1. The molecule has 0 unspecified atom stereocenters. The minimum Gasteiger partial charge on any atom is -0.513 e. The van der Waals surface area contributed by atoms with Crippen molar-refractivity contribution in [3.05, 3.63) is 101 Å². The molecule has 1 aliphatic carbocycles. The number of allylic oxidation sites excluding steroid dienone is 2. The topological polar surface area (TPSA) is 83.5 Å². The summed E-state index contributed by atoms with van der Waals surface area (Å²) in [5.41, 5.74) is 8.96. The molecular formula is C33H48Cl2N4O. The van der Waals surface area contributed by atoms with Gasteiger partial charge >= 0.3 is 0 Å². The first-order valence-electron chi connectivity index (χ1n) is 13.7. The summed E-state index contributed by atoms with van der Waals surface area (Å²) in [7, 11) is 1.50. The van der Waals surface area contributed by atoms with Gasteiger partial charge < -0.3 is 10.8 Å². The molecule has 0 bridgehead atoms. The largest absolute Gasteiger partial charge is 0.513 e. The van der Waals surface area contributed by atoms with Crippen LogP contribution in [-0.4, -0.2) is 28.5 Å². The highest BCUT2D eigenvalue weighted by atomic mass is 35.5. The van der Waals surface area contributed by atoms with E-state index in [1.807, 2.05) is 31.3 Å². The van der Waals surface area contributed by atoms with Gasteiger partial charge in [-0.25, -0.2) is 0 Å². The zero-order valence-electron chi connectivity index (χ0n) is 25.0. The molecule has 40 heavy (non-hydrogen) atoms. The first-order chi connectivity index (χ1) is 18.9. The minimum absolute atomic E-state index is 0.195. The predicted molar refractivity (Wildman–Crippen MR) is 174 cm³/mol. The number of aliphatic imine (C=N–C) groups is 1. The molecule has 4 N–H and O–H groups in total. The van der Waals surface area contributed by atoms with Gasteiger partial charge in [-0.1, -0.05) is 63.2 Å². The molecule has 7 heteroatoms. The fourth-order valence-corrected chi connectivity index (χ4v) is 5.38. The van der Waals surface area contributed by atoms with E-state index in [2.05, 4.69) is 69.2 Å². The highest BCUT2D eigenvalue weighted by Gasteiger charge is 2.39. The van der Waals surface area contributed by atoms with Crippen LogP contribution in [-0.2, 0) is 13.0 Å². The van der Waals surface area contributed by atoms with Crippen molar-refractivity contribution in [3.8, 4) is 0 Å². The fourth-order valence-electron chi connectivity index (χ4n) is 4.85. The lowest BCUT2D eigenvalue weighted by Gasteiger charge is -2.43. The fraction of sp³-hybridized carbons (Fsp3) is 0.455. The zero-order chi connectivity index (χ0) is 30.5. The molecule has 0 amide bonds. The van der Waals surface area contributed by atoms with E-state index in [0.29, 0.717) is 28.9 Å². The number of benzene rings is 1. The van der Waals surface area contributed by atoms with E-state index in [1.165, 1.54) is 7.05 Å². The summed E-state index contributed by atoms with van der Waals surface area (Å²) in [5, 5.41) is 14.3. The molecule has 0 aliphatic heterocycles. The first-order valence-corrected chi connectivity index (χ1v) is 14.5. The monoisotopic (exact) mass is 586 g/mol. The van der Waals surface area contributed by atoms with Crippen LogP contribution in [0.25, 0.3) is 0 Å². The molecule has 1 saturated carbocycles. The van der Waals surface area contributed by atoms with Crippen LogP contribution < -0.4 is 11.1 Å². The van der Waals surface area contributed by atoms with Gasteiger partial charge in [0.15, 0.2) is 0 Å². The smallest absolute Gasteiger partial charge is 0.111 e. The number of pyridine rings is 1. The third-order valence-corrected chi connectivity index (χ3v) is 7.53. The molecular weight excluding hydrogens is 539 g/mol. The Balaban J connectivity index is 0.00000191. The van der Waals surface area contributed by atoms with E-state index >= 15 is 0 Å². The molecule has 1 aromatic heterocycles. The Morgan fingerprint density at radius 3 is 2.12 bits per heavy atom. The Morgan fingerprint density at radius 1 is 1.10 bits per heavy atom. The number of rotatable bonds is 9. The van der Waals surface area contributed by atoms with Crippen molar-refractivity contribution < 1.29 is 5.11 Å². The molecule has 3 rings (SSSR count). The maximum absolute atomic E-state index is 9.36. The van der Waals surface area contributed by atoms with Crippen molar-refractivity contribution in [1.82, 2.24) is 10.3 Å². The Kier molecular flexibility index (Phi) is 14.9. The van der Waals surface area contributed by atoms with E-state index < -0.39 is 5.66 Å². The average Bonchev–Trinajstić information content (AvgIpc) is 2.91. The first kappa shape index (κ1) is 35.6. The molecule has 0 radical (unpaired) electrons. The van der Waals surface area contributed by atoms with Gasteiger partial charge in [0.1, 0.15) is 5.66 Å². The summed E-state index contributed by atoms with van der Waals surface area (Å²) in [6.07, 6.45) is 7.19. The van der Waals surface area contributed by atoms with E-state index in [-0.39, 0.29) is 11.2 Å². The number of aryl methyl sites for hydroxylation is 1. The molecule has 0 atom stereocenters. The second-order valence-electron chi connectivity index (χ2n) is 11.1. The van der Waals surface area contributed by atoms with E-state index in [4.69, 9.17) is 28.2 Å². The molecule has 220 valence electrons. The number of aliphatic hydroxyl groups excluding tert-OH is 1. The number of hydrogen-bond acceptors (Lipinski definition) is 5. The SMILES string of the molecule is C=C.C=C(O)CCc1ccc(CNC2(/N=C(\C(=C)C)c3cc(Cl)cc(Cl)c3)CCC(C(C)(C)C)CC2)nc1.CN.